The van der Waals surface area contributed by atoms with Crippen molar-refractivity contribution in [2.45, 2.75) is 49.7 Å². The van der Waals surface area contributed by atoms with Crippen LogP contribution in [-0.2, 0) is 10.3 Å². The molecule has 1 aromatic carbocycles. The normalized spacial score (nSPS) is 33.6. The van der Waals surface area contributed by atoms with Crippen LogP contribution in [0.4, 0.5) is 0 Å². The van der Waals surface area contributed by atoms with E-state index in [1.54, 1.807) is 6.20 Å². The average Bonchev–Trinajstić information content (AvgIpc) is 2.73. The van der Waals surface area contributed by atoms with E-state index in [0.717, 1.165) is 31.5 Å². The van der Waals surface area contributed by atoms with Gasteiger partial charge in [0.2, 0.25) is 0 Å². The Balaban J connectivity index is 1.36. The van der Waals surface area contributed by atoms with Gasteiger partial charge in [-0.3, -0.25) is 14.7 Å². The molecule has 0 radical (unpaired) electrons. The summed E-state index contributed by atoms with van der Waals surface area (Å²) in [6.45, 7) is 2.12. The lowest BCUT2D eigenvalue weighted by molar-refractivity contribution is -0.178. The van der Waals surface area contributed by atoms with E-state index in [2.05, 4.69) is 40.2 Å². The molecule has 2 heterocycles. The van der Waals surface area contributed by atoms with Crippen LogP contribution < -0.4 is 5.73 Å². The van der Waals surface area contributed by atoms with Crippen molar-refractivity contribution in [1.82, 2.24) is 9.88 Å². The van der Waals surface area contributed by atoms with Crippen LogP contribution in [0.2, 0.25) is 0 Å². The molecule has 2 N–H and O–H groups in total. The standard InChI is InChI=1S/C25H31N3O2/c1-30-25(19-10-11-27-23(14-19)24(26)29)20-8-5-9-21(25)16-28(15-20)22-12-18(13-22)17-6-3-2-4-7-17/h2-4,6-7,10-11,14,18,20-22H,5,8-9,12-13,15-16H2,1H3,(H2,26,29)/t18?,20-,21+,22?,25?. The molecule has 3 aliphatic rings. The molecular formula is C25H31N3O2. The molecule has 2 aromatic rings. The molecule has 2 aliphatic carbocycles. The first-order chi connectivity index (χ1) is 14.6. The Hall–Kier alpha value is -2.24. The summed E-state index contributed by atoms with van der Waals surface area (Å²) in [7, 11) is 1.83. The number of ether oxygens (including phenoxy) is 1. The van der Waals surface area contributed by atoms with Gasteiger partial charge < -0.3 is 10.5 Å². The number of pyridine rings is 1. The monoisotopic (exact) mass is 405 g/mol. The molecular weight excluding hydrogens is 374 g/mol. The molecule has 1 unspecified atom stereocenters. The highest BCUT2D eigenvalue weighted by atomic mass is 16.5. The molecule has 2 saturated carbocycles. The van der Waals surface area contributed by atoms with Crippen LogP contribution in [0.5, 0.6) is 0 Å². The van der Waals surface area contributed by atoms with Crippen molar-refractivity contribution in [2.75, 3.05) is 20.2 Å². The number of methoxy groups -OCH3 is 1. The first-order valence-corrected chi connectivity index (χ1v) is 11.2. The third-order valence-corrected chi connectivity index (χ3v) is 7.93. The van der Waals surface area contributed by atoms with E-state index in [0.29, 0.717) is 29.5 Å². The van der Waals surface area contributed by atoms with Crippen LogP contribution in [0.25, 0.3) is 0 Å². The molecule has 5 heteroatoms. The zero-order valence-electron chi connectivity index (χ0n) is 17.7. The van der Waals surface area contributed by atoms with Crippen molar-refractivity contribution in [3.8, 4) is 0 Å². The SMILES string of the molecule is COC1(c2ccnc(C(N)=O)c2)[C@@H]2CCC[C@H]1CN(C1CC(c3ccccc3)C1)C2. The van der Waals surface area contributed by atoms with Crippen molar-refractivity contribution in [3.05, 3.63) is 65.5 Å². The minimum absolute atomic E-state index is 0.328. The van der Waals surface area contributed by atoms with Gasteiger partial charge in [0.25, 0.3) is 5.91 Å². The molecule has 5 rings (SSSR count). The quantitative estimate of drug-likeness (QED) is 0.824. The van der Waals surface area contributed by atoms with Gasteiger partial charge in [-0.15, -0.1) is 0 Å². The molecule has 2 bridgehead atoms. The number of likely N-dealkylation sites (tertiary alicyclic amines) is 1. The molecule has 1 saturated heterocycles. The number of nitrogens with zero attached hydrogens (tertiary/aromatic N) is 2. The fourth-order valence-corrected chi connectivity index (χ4v) is 6.38. The van der Waals surface area contributed by atoms with Crippen LogP contribution in [0, 0.1) is 11.8 Å². The summed E-state index contributed by atoms with van der Waals surface area (Å²) >= 11 is 0. The number of primary amides is 1. The Morgan fingerprint density at radius 2 is 1.83 bits per heavy atom. The minimum atomic E-state index is -0.480. The molecule has 3 atom stereocenters. The summed E-state index contributed by atoms with van der Waals surface area (Å²) in [5, 5.41) is 0. The number of nitrogens with two attached hydrogens (primary N) is 1. The third-order valence-electron chi connectivity index (χ3n) is 7.93. The van der Waals surface area contributed by atoms with Crippen LogP contribution in [0.3, 0.4) is 0 Å². The van der Waals surface area contributed by atoms with Crippen molar-refractivity contribution in [2.24, 2.45) is 17.6 Å². The Morgan fingerprint density at radius 3 is 2.47 bits per heavy atom. The number of piperidine rings is 1. The van der Waals surface area contributed by atoms with Gasteiger partial charge in [0.05, 0.1) is 0 Å². The second-order valence-corrected chi connectivity index (χ2v) is 9.30. The topological polar surface area (TPSA) is 68.5 Å². The average molecular weight is 406 g/mol. The number of carbonyl (C=O) groups excluding carboxylic acids is 1. The number of rotatable bonds is 5. The third kappa shape index (κ3) is 3.15. The summed E-state index contributed by atoms with van der Waals surface area (Å²) in [4.78, 5) is 18.6. The lowest BCUT2D eigenvalue weighted by Gasteiger charge is -2.58. The highest BCUT2D eigenvalue weighted by molar-refractivity contribution is 5.90. The van der Waals surface area contributed by atoms with E-state index in [9.17, 15) is 4.79 Å². The van der Waals surface area contributed by atoms with Crippen LogP contribution in [0.1, 0.15) is 59.6 Å². The van der Waals surface area contributed by atoms with Crippen molar-refractivity contribution >= 4 is 5.91 Å². The molecule has 0 spiro atoms. The second kappa shape index (κ2) is 7.78. The molecule has 1 aliphatic heterocycles. The van der Waals surface area contributed by atoms with Gasteiger partial charge in [-0.1, -0.05) is 36.8 Å². The number of aromatic nitrogens is 1. The van der Waals surface area contributed by atoms with E-state index in [1.165, 1.54) is 24.8 Å². The summed E-state index contributed by atoms with van der Waals surface area (Å²) in [6.07, 6.45) is 7.77. The number of fused-ring (bicyclic) bond motifs is 2. The van der Waals surface area contributed by atoms with Crippen LogP contribution in [-0.4, -0.2) is 42.0 Å². The fraction of sp³-hybridized carbons (Fsp3) is 0.520. The van der Waals surface area contributed by atoms with E-state index in [-0.39, 0.29) is 5.60 Å². The predicted octanol–water partition coefficient (Wildman–Crippen LogP) is 3.70. The highest BCUT2D eigenvalue weighted by Crippen LogP contribution is 2.53. The fourth-order valence-electron chi connectivity index (χ4n) is 6.38. The second-order valence-electron chi connectivity index (χ2n) is 9.30. The summed E-state index contributed by atoms with van der Waals surface area (Å²) < 4.78 is 6.33. The van der Waals surface area contributed by atoms with Crippen molar-refractivity contribution in [1.29, 1.82) is 0 Å². The van der Waals surface area contributed by atoms with Gasteiger partial charge in [0.15, 0.2) is 0 Å². The van der Waals surface area contributed by atoms with Gasteiger partial charge in [-0.2, -0.15) is 0 Å². The van der Waals surface area contributed by atoms with Gasteiger partial charge >= 0.3 is 0 Å². The minimum Gasteiger partial charge on any atom is -0.373 e. The Kier molecular flexibility index (Phi) is 5.11. The maximum atomic E-state index is 11.7. The van der Waals surface area contributed by atoms with Gasteiger partial charge in [0, 0.05) is 44.3 Å². The maximum Gasteiger partial charge on any atom is 0.267 e. The van der Waals surface area contributed by atoms with Crippen LogP contribution >= 0.6 is 0 Å². The first-order valence-electron chi connectivity index (χ1n) is 11.2. The Labute approximate surface area is 178 Å². The maximum absolute atomic E-state index is 11.7. The number of hydrogen-bond donors (Lipinski definition) is 1. The Morgan fingerprint density at radius 1 is 1.13 bits per heavy atom. The lowest BCUT2D eigenvalue weighted by Crippen LogP contribution is -2.62. The van der Waals surface area contributed by atoms with Crippen LogP contribution in [0.15, 0.2) is 48.7 Å². The molecule has 30 heavy (non-hydrogen) atoms. The number of carbonyl (C=O) groups is 1. The van der Waals surface area contributed by atoms with Crippen molar-refractivity contribution in [3.63, 3.8) is 0 Å². The zero-order valence-corrected chi connectivity index (χ0v) is 17.7. The van der Waals surface area contributed by atoms with E-state index in [1.807, 2.05) is 19.2 Å². The van der Waals surface area contributed by atoms with Gasteiger partial charge in [-0.25, -0.2) is 0 Å². The molecule has 5 nitrogen and oxygen atoms in total. The number of amides is 1. The van der Waals surface area contributed by atoms with E-state index in [4.69, 9.17) is 10.5 Å². The highest BCUT2D eigenvalue weighted by Gasteiger charge is 2.54. The summed E-state index contributed by atoms with van der Waals surface area (Å²) in [6, 6.07) is 15.5. The van der Waals surface area contributed by atoms with Gasteiger partial charge in [-0.05, 0) is 54.9 Å². The summed E-state index contributed by atoms with van der Waals surface area (Å²) in [5.41, 5.74) is 8.04. The largest absolute Gasteiger partial charge is 0.373 e. The summed E-state index contributed by atoms with van der Waals surface area (Å²) in [5.74, 6) is 1.07. The lowest BCUT2D eigenvalue weighted by atomic mass is 9.61. The molecule has 1 aromatic heterocycles. The number of benzene rings is 1. The molecule has 1 amide bonds. The van der Waals surface area contributed by atoms with Crippen molar-refractivity contribution < 1.29 is 9.53 Å². The van der Waals surface area contributed by atoms with E-state index < -0.39 is 5.91 Å². The smallest absolute Gasteiger partial charge is 0.267 e. The zero-order chi connectivity index (χ0) is 20.7. The Bertz CT molecular complexity index is 896. The van der Waals surface area contributed by atoms with Gasteiger partial charge in [0.1, 0.15) is 11.3 Å². The number of hydrogen-bond acceptors (Lipinski definition) is 4. The molecule has 158 valence electrons. The predicted molar refractivity (Wildman–Crippen MR) is 116 cm³/mol. The van der Waals surface area contributed by atoms with E-state index >= 15 is 0 Å². The first kappa shape index (κ1) is 19.7. The molecule has 3 fully saturated rings.